The number of benzene rings is 1. The Morgan fingerprint density at radius 3 is 2.02 bits per heavy atom. The smallest absolute Gasteiger partial charge is 0.243 e. The summed E-state index contributed by atoms with van der Waals surface area (Å²) in [4.78, 5) is 80.8. The van der Waals surface area contributed by atoms with Crippen molar-refractivity contribution in [3.8, 4) is 0 Å². The number of nitrogens with one attached hydrogen (secondary N) is 5. The van der Waals surface area contributed by atoms with Crippen LogP contribution in [0.1, 0.15) is 44.1 Å². The molecule has 2 rings (SSSR count). The van der Waals surface area contributed by atoms with Crippen LogP contribution < -0.4 is 43.8 Å². The van der Waals surface area contributed by atoms with Gasteiger partial charge in [-0.1, -0.05) is 30.3 Å². The topological polar surface area (TPSA) is 253 Å². The molecule has 1 fully saturated rings. The van der Waals surface area contributed by atoms with Gasteiger partial charge < -0.3 is 48.6 Å². The maximum Gasteiger partial charge on any atom is 0.243 e. The zero-order valence-corrected chi connectivity index (χ0v) is 23.5. The van der Waals surface area contributed by atoms with Crippen molar-refractivity contribution in [3.05, 3.63) is 35.9 Å². The molecule has 0 aliphatic carbocycles. The molecule has 15 heteroatoms. The van der Waals surface area contributed by atoms with Gasteiger partial charge in [0.05, 0.1) is 6.54 Å². The molecule has 1 heterocycles. The first-order valence-corrected chi connectivity index (χ1v) is 13.9. The lowest BCUT2D eigenvalue weighted by molar-refractivity contribution is -0.134. The van der Waals surface area contributed by atoms with Crippen molar-refractivity contribution >= 4 is 41.8 Å². The van der Waals surface area contributed by atoms with E-state index in [0.717, 1.165) is 5.56 Å². The van der Waals surface area contributed by atoms with E-state index >= 15 is 0 Å². The number of nitrogens with two attached hydrogens (primary N) is 3. The van der Waals surface area contributed by atoms with E-state index < -0.39 is 60.2 Å². The lowest BCUT2D eigenvalue weighted by Gasteiger charge is -2.26. The standard InChI is InChI=1S/C27H41N9O6/c28-12-5-4-9-19-24(40)34-18(10-6-13-31-27(29)30)23(39)32-16-22(38)33-20(11-14-37)25(41)36-21(26(42)35-19)15-17-7-2-1-3-8-17/h1-3,7-8,14,18-21H,4-6,9-13,15-16,28H2,(H,32,39)(H,33,38)(H,34,40)(H,35,42)(H,36,41)(H4,29,30,31)/t18-,19-,20-,21+/m0/s1. The molecule has 1 aromatic carbocycles. The monoisotopic (exact) mass is 587 g/mol. The largest absolute Gasteiger partial charge is 0.370 e. The molecule has 11 N–H and O–H groups in total. The van der Waals surface area contributed by atoms with Gasteiger partial charge in [-0.3, -0.25) is 29.0 Å². The molecule has 1 aliphatic heterocycles. The van der Waals surface area contributed by atoms with Crippen LogP contribution in [0.4, 0.5) is 0 Å². The molecule has 0 saturated carbocycles. The van der Waals surface area contributed by atoms with Crippen molar-refractivity contribution in [3.63, 3.8) is 0 Å². The summed E-state index contributed by atoms with van der Waals surface area (Å²) in [5.74, 6) is -3.57. The Hall–Kier alpha value is -4.53. The average molecular weight is 588 g/mol. The first kappa shape index (κ1) is 33.7. The van der Waals surface area contributed by atoms with E-state index in [1.54, 1.807) is 30.3 Å². The molecule has 0 radical (unpaired) electrons. The predicted octanol–water partition coefficient (Wildman–Crippen LogP) is -2.93. The lowest BCUT2D eigenvalue weighted by atomic mass is 10.0. The fraction of sp³-hybridized carbons (Fsp3) is 0.519. The van der Waals surface area contributed by atoms with Crippen LogP contribution >= 0.6 is 0 Å². The predicted molar refractivity (Wildman–Crippen MR) is 154 cm³/mol. The third-order valence-corrected chi connectivity index (χ3v) is 6.48. The van der Waals surface area contributed by atoms with Gasteiger partial charge in [-0.15, -0.1) is 0 Å². The summed E-state index contributed by atoms with van der Waals surface area (Å²) in [5.41, 5.74) is 17.1. The quantitative estimate of drug-likeness (QED) is 0.0538. The number of nitrogens with zero attached hydrogens (tertiary/aromatic N) is 1. The Labute approximate surface area is 244 Å². The van der Waals surface area contributed by atoms with Gasteiger partial charge in [-0.2, -0.15) is 0 Å². The van der Waals surface area contributed by atoms with E-state index in [1.807, 2.05) is 0 Å². The van der Waals surface area contributed by atoms with Crippen LogP contribution in [0.15, 0.2) is 35.3 Å². The molecular weight excluding hydrogens is 546 g/mol. The highest BCUT2D eigenvalue weighted by atomic mass is 16.2. The second kappa shape index (κ2) is 18.0. The first-order valence-electron chi connectivity index (χ1n) is 13.9. The summed E-state index contributed by atoms with van der Waals surface area (Å²) < 4.78 is 0. The van der Waals surface area contributed by atoms with Crippen molar-refractivity contribution in [1.29, 1.82) is 0 Å². The minimum atomic E-state index is -1.29. The number of aliphatic imine (C=N–C) groups is 1. The molecule has 1 saturated heterocycles. The average Bonchev–Trinajstić information content (AvgIpc) is 2.96. The van der Waals surface area contributed by atoms with Gasteiger partial charge in [0.15, 0.2) is 5.96 Å². The van der Waals surface area contributed by atoms with E-state index in [4.69, 9.17) is 17.2 Å². The summed E-state index contributed by atoms with van der Waals surface area (Å²) >= 11 is 0. The molecule has 230 valence electrons. The lowest BCUT2D eigenvalue weighted by Crippen LogP contribution is -2.58. The molecule has 0 bridgehead atoms. The van der Waals surface area contributed by atoms with Gasteiger partial charge in [0, 0.05) is 19.4 Å². The van der Waals surface area contributed by atoms with Crippen LogP contribution in [0.3, 0.4) is 0 Å². The molecule has 0 unspecified atom stereocenters. The van der Waals surface area contributed by atoms with Crippen LogP contribution in [0.25, 0.3) is 0 Å². The fourth-order valence-corrected chi connectivity index (χ4v) is 4.27. The molecule has 1 aromatic rings. The van der Waals surface area contributed by atoms with Crippen molar-refractivity contribution < 1.29 is 28.8 Å². The Morgan fingerprint density at radius 1 is 0.786 bits per heavy atom. The highest BCUT2D eigenvalue weighted by Crippen LogP contribution is 2.09. The van der Waals surface area contributed by atoms with E-state index in [2.05, 4.69) is 31.6 Å². The number of carbonyl (C=O) groups excluding carboxylic acids is 6. The Balaban J connectivity index is 2.41. The summed E-state index contributed by atoms with van der Waals surface area (Å²) in [6, 6.07) is 4.33. The number of unbranched alkanes of at least 4 members (excludes halogenated alkanes) is 1. The Morgan fingerprint density at radius 2 is 1.38 bits per heavy atom. The highest BCUT2D eigenvalue weighted by Gasteiger charge is 2.32. The summed E-state index contributed by atoms with van der Waals surface area (Å²) in [7, 11) is 0. The van der Waals surface area contributed by atoms with E-state index in [0.29, 0.717) is 32.1 Å². The summed E-state index contributed by atoms with van der Waals surface area (Å²) in [5, 5.41) is 12.8. The van der Waals surface area contributed by atoms with Crippen LogP contribution in [0, 0.1) is 0 Å². The third kappa shape index (κ3) is 11.9. The number of rotatable bonds is 12. The van der Waals surface area contributed by atoms with E-state index in [1.165, 1.54) is 0 Å². The third-order valence-electron chi connectivity index (χ3n) is 6.48. The van der Waals surface area contributed by atoms with Crippen LogP contribution in [0.2, 0.25) is 0 Å². The van der Waals surface area contributed by atoms with Gasteiger partial charge in [0.1, 0.15) is 30.5 Å². The fourth-order valence-electron chi connectivity index (χ4n) is 4.27. The second-order valence-electron chi connectivity index (χ2n) is 9.85. The molecule has 15 nitrogen and oxygen atoms in total. The van der Waals surface area contributed by atoms with Crippen molar-refractivity contribution in [2.75, 3.05) is 19.6 Å². The van der Waals surface area contributed by atoms with Crippen molar-refractivity contribution in [2.45, 2.75) is 69.1 Å². The highest BCUT2D eigenvalue weighted by molar-refractivity contribution is 5.97. The van der Waals surface area contributed by atoms with Gasteiger partial charge in [-0.25, -0.2) is 0 Å². The van der Waals surface area contributed by atoms with Crippen molar-refractivity contribution in [1.82, 2.24) is 26.6 Å². The van der Waals surface area contributed by atoms with E-state index in [9.17, 15) is 28.8 Å². The maximum absolute atomic E-state index is 13.5. The maximum atomic E-state index is 13.5. The molecular formula is C27H41N9O6. The first-order chi connectivity index (χ1) is 20.1. The van der Waals surface area contributed by atoms with Crippen LogP contribution in [-0.4, -0.2) is 85.6 Å². The molecule has 0 aromatic heterocycles. The molecule has 4 atom stereocenters. The zero-order valence-electron chi connectivity index (χ0n) is 23.5. The Kier molecular flexibility index (Phi) is 14.4. The number of hydrogen-bond donors (Lipinski definition) is 8. The zero-order chi connectivity index (χ0) is 30.9. The van der Waals surface area contributed by atoms with Crippen LogP contribution in [-0.2, 0) is 35.2 Å². The molecule has 0 spiro atoms. The Bertz CT molecular complexity index is 1110. The van der Waals surface area contributed by atoms with Gasteiger partial charge in [0.2, 0.25) is 29.5 Å². The number of aldehydes is 1. The minimum absolute atomic E-state index is 0.0742. The van der Waals surface area contributed by atoms with Gasteiger partial charge in [0.25, 0.3) is 0 Å². The van der Waals surface area contributed by atoms with E-state index in [-0.39, 0.29) is 38.2 Å². The van der Waals surface area contributed by atoms with Gasteiger partial charge >= 0.3 is 0 Å². The summed E-state index contributed by atoms with van der Waals surface area (Å²) in [6.45, 7) is 0.0533. The number of guanidine groups is 1. The second-order valence-corrected chi connectivity index (χ2v) is 9.85. The van der Waals surface area contributed by atoms with Crippen molar-refractivity contribution in [2.24, 2.45) is 22.2 Å². The SMILES string of the molecule is NCCCC[C@@H]1NC(=O)[C@@H](Cc2ccccc2)NC(=O)[C@H](CC=O)NC(=O)CNC(=O)[C@H](CCCN=C(N)N)NC1=O. The number of amides is 5. The van der Waals surface area contributed by atoms with Gasteiger partial charge in [-0.05, 0) is 44.2 Å². The molecule has 5 amide bonds. The molecule has 42 heavy (non-hydrogen) atoms. The summed E-state index contributed by atoms with van der Waals surface area (Å²) in [6.07, 6.45) is 1.95. The number of carbonyl (C=O) groups is 6. The molecule has 1 aliphatic rings. The van der Waals surface area contributed by atoms with Crippen LogP contribution in [0.5, 0.6) is 0 Å². The minimum Gasteiger partial charge on any atom is -0.370 e. The number of hydrogen-bond acceptors (Lipinski definition) is 8. The normalized spacial score (nSPS) is 22.3.